The van der Waals surface area contributed by atoms with Crippen molar-refractivity contribution >= 4 is 69.3 Å². The molecule has 0 bridgehead atoms. The highest BCUT2D eigenvalue weighted by Crippen LogP contribution is 2.39. The molecular weight excluding hydrogens is 763 g/mol. The van der Waals surface area contributed by atoms with Crippen molar-refractivity contribution in [3.63, 3.8) is 0 Å². The van der Waals surface area contributed by atoms with Crippen LogP contribution in [0.5, 0.6) is 23.0 Å². The molecule has 0 aliphatic heterocycles. The third-order valence-electron chi connectivity index (χ3n) is 7.65. The molecule has 14 nitrogen and oxygen atoms in total. The van der Waals surface area contributed by atoms with Gasteiger partial charge in [-0.05, 0) is 95.6 Å². The van der Waals surface area contributed by atoms with Gasteiger partial charge in [0.15, 0.2) is 34.6 Å². The topological polar surface area (TPSA) is 179 Å². The van der Waals surface area contributed by atoms with E-state index in [0.29, 0.717) is 77.6 Å². The predicted molar refractivity (Wildman–Crippen MR) is 215 cm³/mol. The Morgan fingerprint density at radius 2 is 0.946 bits per heavy atom. The van der Waals surface area contributed by atoms with Gasteiger partial charge in [0.1, 0.15) is 0 Å². The lowest BCUT2D eigenvalue weighted by molar-refractivity contribution is -0.127. The van der Waals surface area contributed by atoms with Crippen molar-refractivity contribution in [2.45, 2.75) is 53.6 Å². The molecule has 56 heavy (non-hydrogen) atoms. The smallest absolute Gasteiger partial charge is 0.258 e. The fraction of sp³-hybridized carbons (Fsp3) is 0.300. The fourth-order valence-corrected chi connectivity index (χ4v) is 5.85. The lowest BCUT2D eigenvalue weighted by atomic mass is 10.0. The van der Waals surface area contributed by atoms with Gasteiger partial charge in [-0.3, -0.25) is 19.2 Å². The summed E-state index contributed by atoms with van der Waals surface area (Å²) in [4.78, 5) is 50.9. The molecule has 0 saturated carbocycles. The Bertz CT molecular complexity index is 2090. The Labute approximate surface area is 334 Å². The minimum absolute atomic E-state index is 0.209. The first-order valence-corrected chi connectivity index (χ1v) is 18.5. The average molecular weight is 806 g/mol. The van der Waals surface area contributed by atoms with E-state index in [0.717, 1.165) is 0 Å². The molecule has 4 aromatic rings. The minimum atomic E-state index is -1.45. The van der Waals surface area contributed by atoms with E-state index in [1.54, 1.807) is 60.7 Å². The summed E-state index contributed by atoms with van der Waals surface area (Å²) in [6.45, 7) is 11.5. The lowest BCUT2D eigenvalue weighted by Crippen LogP contribution is -2.31. The fourth-order valence-electron chi connectivity index (χ4n) is 5.15. The molecule has 0 aliphatic carbocycles. The largest absolute Gasteiger partial charge is 0.490 e. The second-order valence-corrected chi connectivity index (χ2v) is 12.6. The molecule has 0 radical (unpaired) electrons. The summed E-state index contributed by atoms with van der Waals surface area (Å²) in [5.74, 6) is -0.463. The van der Waals surface area contributed by atoms with Crippen LogP contribution in [0.4, 0.5) is 22.7 Å². The van der Waals surface area contributed by atoms with E-state index in [1.165, 1.54) is 26.0 Å². The standard InChI is InChI=1S/C40H42Cl2N6O8/c1-7-53-32-17-15-27(21-34(32)55-9-3)43-39(51)37(23(5)49)47-45-26-13-11-25(12-14-26)36-30(41)19-29(20-31(36)42)46-48-38(24(6)50)40(52)44-28-16-18-33(54-8-2)35(22-28)56-10-4/h11-22,37-38H,7-10H2,1-6H3,(H,43,51)(H,44,52). The van der Waals surface area contributed by atoms with Crippen LogP contribution in [0.3, 0.4) is 0 Å². The zero-order chi connectivity index (χ0) is 40.8. The van der Waals surface area contributed by atoms with E-state index < -0.39 is 35.5 Å². The maximum Gasteiger partial charge on any atom is 0.258 e. The first-order valence-electron chi connectivity index (χ1n) is 17.7. The second kappa shape index (κ2) is 20.7. The molecule has 2 unspecified atom stereocenters. The molecule has 0 saturated heterocycles. The van der Waals surface area contributed by atoms with Gasteiger partial charge in [0.25, 0.3) is 11.8 Å². The maximum atomic E-state index is 13.1. The SMILES string of the molecule is CCOc1ccc(NC(=O)C(N=Nc2ccc(-c3c(Cl)cc(N=NC(C(C)=O)C(=O)Nc4ccc(OCC)c(OCC)c4)cc3Cl)cc2)C(C)=O)cc1OCC. The molecule has 4 aromatic carbocycles. The number of amides is 2. The Kier molecular flexibility index (Phi) is 15.9. The van der Waals surface area contributed by atoms with E-state index in [2.05, 4.69) is 31.1 Å². The molecule has 2 N–H and O–H groups in total. The van der Waals surface area contributed by atoms with E-state index in [9.17, 15) is 19.2 Å². The number of halogens is 2. The van der Waals surface area contributed by atoms with Gasteiger partial charge in [-0.1, -0.05) is 35.3 Å². The number of anilines is 2. The third-order valence-corrected chi connectivity index (χ3v) is 8.25. The van der Waals surface area contributed by atoms with Crippen molar-refractivity contribution in [2.75, 3.05) is 37.1 Å². The Morgan fingerprint density at radius 1 is 0.554 bits per heavy atom. The highest BCUT2D eigenvalue weighted by molar-refractivity contribution is 6.39. The number of ether oxygens (including phenoxy) is 4. The molecule has 0 aromatic heterocycles. The van der Waals surface area contributed by atoms with E-state index in [4.69, 9.17) is 42.1 Å². The van der Waals surface area contributed by atoms with Crippen LogP contribution in [0.25, 0.3) is 11.1 Å². The Hall–Kier alpha value is -5.86. The normalized spacial score (nSPS) is 12.2. The van der Waals surface area contributed by atoms with Crippen molar-refractivity contribution in [3.05, 3.63) is 82.8 Å². The zero-order valence-electron chi connectivity index (χ0n) is 31.7. The number of nitrogens with one attached hydrogen (secondary N) is 2. The number of carbonyl (C=O) groups is 4. The summed E-state index contributed by atoms with van der Waals surface area (Å²) in [6.07, 6.45) is 0. The van der Waals surface area contributed by atoms with Gasteiger partial charge in [-0.15, -0.1) is 0 Å². The van der Waals surface area contributed by atoms with Crippen LogP contribution in [0.2, 0.25) is 10.0 Å². The van der Waals surface area contributed by atoms with E-state index >= 15 is 0 Å². The van der Waals surface area contributed by atoms with Crippen molar-refractivity contribution in [2.24, 2.45) is 20.5 Å². The number of carbonyl (C=O) groups excluding carboxylic acids is 4. The quantitative estimate of drug-likeness (QED) is 0.0695. The van der Waals surface area contributed by atoms with Gasteiger partial charge >= 0.3 is 0 Å². The van der Waals surface area contributed by atoms with Crippen molar-refractivity contribution in [3.8, 4) is 34.1 Å². The first kappa shape index (κ1) is 42.9. The highest BCUT2D eigenvalue weighted by Gasteiger charge is 2.25. The second-order valence-electron chi connectivity index (χ2n) is 11.8. The van der Waals surface area contributed by atoms with Crippen molar-refractivity contribution in [1.82, 2.24) is 0 Å². The van der Waals surface area contributed by atoms with Crippen molar-refractivity contribution in [1.29, 1.82) is 0 Å². The summed E-state index contributed by atoms with van der Waals surface area (Å²) in [6, 6.07) is 16.5. The van der Waals surface area contributed by atoms with Crippen LogP contribution in [0.15, 0.2) is 93.3 Å². The number of azo groups is 2. The number of hydrogen-bond acceptors (Lipinski definition) is 12. The van der Waals surface area contributed by atoms with E-state index in [1.807, 2.05) is 27.7 Å². The number of rotatable bonds is 19. The average Bonchev–Trinajstić information content (AvgIpc) is 3.14. The number of ketones is 2. The lowest BCUT2D eigenvalue weighted by Gasteiger charge is -2.14. The summed E-state index contributed by atoms with van der Waals surface area (Å²) >= 11 is 13.3. The van der Waals surface area contributed by atoms with Crippen LogP contribution in [0.1, 0.15) is 41.5 Å². The minimum Gasteiger partial charge on any atom is -0.490 e. The van der Waals surface area contributed by atoms with Gasteiger partial charge in [-0.25, -0.2) is 0 Å². The molecular formula is C40H42Cl2N6O8. The molecule has 0 spiro atoms. The molecule has 16 heteroatoms. The van der Waals surface area contributed by atoms with Crippen LogP contribution in [0, 0.1) is 0 Å². The molecule has 2 amide bonds. The first-order chi connectivity index (χ1) is 26.9. The van der Waals surface area contributed by atoms with Crippen LogP contribution >= 0.6 is 23.2 Å². The number of benzene rings is 4. The zero-order valence-corrected chi connectivity index (χ0v) is 33.2. The van der Waals surface area contributed by atoms with Crippen LogP contribution in [-0.2, 0) is 19.2 Å². The van der Waals surface area contributed by atoms with Crippen LogP contribution < -0.4 is 29.6 Å². The predicted octanol–water partition coefficient (Wildman–Crippen LogP) is 9.62. The van der Waals surface area contributed by atoms with Gasteiger partial charge < -0.3 is 29.6 Å². The number of hydrogen-bond donors (Lipinski definition) is 2. The molecule has 0 aliphatic rings. The molecule has 294 valence electrons. The molecule has 2 atom stereocenters. The van der Waals surface area contributed by atoms with Gasteiger partial charge in [0, 0.05) is 29.1 Å². The van der Waals surface area contributed by atoms with E-state index in [-0.39, 0.29) is 15.7 Å². The Balaban J connectivity index is 1.46. The van der Waals surface area contributed by atoms with Gasteiger partial charge in [0.2, 0.25) is 12.1 Å². The summed E-state index contributed by atoms with van der Waals surface area (Å²) in [7, 11) is 0. The highest BCUT2D eigenvalue weighted by atomic mass is 35.5. The van der Waals surface area contributed by atoms with Crippen LogP contribution in [-0.4, -0.2) is 61.9 Å². The number of nitrogens with zero attached hydrogens (tertiary/aromatic N) is 4. The number of Topliss-reactive ketones (excluding diaryl/α,β-unsaturated/α-hetero) is 2. The molecule has 0 heterocycles. The maximum absolute atomic E-state index is 13.1. The monoisotopic (exact) mass is 804 g/mol. The Morgan fingerprint density at radius 3 is 1.34 bits per heavy atom. The van der Waals surface area contributed by atoms with Gasteiger partial charge in [0.05, 0.1) is 47.8 Å². The summed E-state index contributed by atoms with van der Waals surface area (Å²) in [5, 5.41) is 22.0. The van der Waals surface area contributed by atoms with Crippen molar-refractivity contribution < 1.29 is 38.1 Å². The summed E-state index contributed by atoms with van der Waals surface area (Å²) < 4.78 is 22.4. The molecule has 4 rings (SSSR count). The third kappa shape index (κ3) is 11.6. The summed E-state index contributed by atoms with van der Waals surface area (Å²) in [5.41, 5.74) is 2.44. The molecule has 0 fully saturated rings. The van der Waals surface area contributed by atoms with Gasteiger partial charge in [-0.2, -0.15) is 20.5 Å².